The van der Waals surface area contributed by atoms with Crippen LogP contribution in [0, 0.1) is 12.8 Å². The lowest BCUT2D eigenvalue weighted by Crippen LogP contribution is -2.27. The first kappa shape index (κ1) is 44.7. The Labute approximate surface area is 362 Å². The zero-order chi connectivity index (χ0) is 43.7. The van der Waals surface area contributed by atoms with Crippen LogP contribution < -0.4 is 24.4 Å². The number of nitrogens with zero attached hydrogens (tertiary/aromatic N) is 4. The number of anilines is 2. The minimum absolute atomic E-state index is 0.0480. The Kier molecular flexibility index (Phi) is 15.9. The van der Waals surface area contributed by atoms with E-state index in [9.17, 15) is 18.0 Å². The molecule has 1 atom stereocenters. The SMILES string of the molecule is COC(=O)NCCCC(Cc1cn(Cc2ccccc2)nn1)C(=O)OCCOc1ccc(Oc2ccc(CN(Cc3ccccc3)c3cccc(NS(C)(=O)=O)c3C)cc2)cc1. The van der Waals surface area contributed by atoms with Gasteiger partial charge in [0, 0.05) is 37.9 Å². The molecule has 2 N–H and O–H groups in total. The second-order valence-corrected chi connectivity index (χ2v) is 16.5. The lowest BCUT2D eigenvalue weighted by Gasteiger charge is -2.28. The van der Waals surface area contributed by atoms with Gasteiger partial charge in [0.25, 0.3) is 0 Å². The van der Waals surface area contributed by atoms with Gasteiger partial charge < -0.3 is 29.2 Å². The smallest absolute Gasteiger partial charge is 0.406 e. The number of methoxy groups -OCH3 is 1. The van der Waals surface area contributed by atoms with Gasteiger partial charge in [-0.3, -0.25) is 9.52 Å². The van der Waals surface area contributed by atoms with E-state index in [0.29, 0.717) is 74.1 Å². The summed E-state index contributed by atoms with van der Waals surface area (Å²) in [4.78, 5) is 27.0. The molecule has 0 saturated carbocycles. The van der Waals surface area contributed by atoms with Gasteiger partial charge >= 0.3 is 12.1 Å². The summed E-state index contributed by atoms with van der Waals surface area (Å²) in [7, 11) is -2.14. The number of nitrogens with one attached hydrogen (secondary N) is 2. The zero-order valence-corrected chi connectivity index (χ0v) is 35.9. The van der Waals surface area contributed by atoms with Gasteiger partial charge in [-0.1, -0.05) is 84.1 Å². The van der Waals surface area contributed by atoms with Gasteiger partial charge in [-0.25, -0.2) is 17.9 Å². The van der Waals surface area contributed by atoms with E-state index in [1.165, 1.54) is 7.11 Å². The van der Waals surface area contributed by atoms with E-state index in [-0.39, 0.29) is 19.2 Å². The van der Waals surface area contributed by atoms with Crippen molar-refractivity contribution < 1.29 is 37.0 Å². The maximum Gasteiger partial charge on any atom is 0.406 e. The molecule has 15 heteroatoms. The van der Waals surface area contributed by atoms with Crippen molar-refractivity contribution in [2.75, 3.05) is 42.7 Å². The maximum absolute atomic E-state index is 13.3. The Hall–Kier alpha value is -6.87. The van der Waals surface area contributed by atoms with Crippen LogP contribution in [0.15, 0.2) is 134 Å². The Morgan fingerprint density at radius 1 is 0.774 bits per heavy atom. The maximum atomic E-state index is 13.3. The van der Waals surface area contributed by atoms with E-state index in [1.54, 1.807) is 35.0 Å². The molecule has 5 aromatic carbocycles. The number of benzene rings is 5. The van der Waals surface area contributed by atoms with Gasteiger partial charge in [0.2, 0.25) is 10.0 Å². The Bertz CT molecular complexity index is 2450. The summed E-state index contributed by atoms with van der Waals surface area (Å²) in [5.74, 6) is 0.998. The summed E-state index contributed by atoms with van der Waals surface area (Å²) in [5.41, 5.74) is 6.23. The van der Waals surface area contributed by atoms with Crippen LogP contribution in [0.2, 0.25) is 0 Å². The molecule has 1 aromatic heterocycles. The van der Waals surface area contributed by atoms with Crippen molar-refractivity contribution in [2.45, 2.75) is 45.8 Å². The first-order chi connectivity index (χ1) is 30.0. The fourth-order valence-electron chi connectivity index (χ4n) is 6.80. The molecule has 1 amide bonds. The predicted octanol–water partition coefficient (Wildman–Crippen LogP) is 7.92. The fourth-order valence-corrected chi connectivity index (χ4v) is 7.42. The third-order valence-electron chi connectivity index (χ3n) is 9.86. The minimum Gasteiger partial charge on any atom is -0.490 e. The van der Waals surface area contributed by atoms with Crippen LogP contribution in [0.1, 0.15) is 40.8 Å². The molecular weight excluding hydrogens is 809 g/mol. The highest BCUT2D eigenvalue weighted by atomic mass is 32.2. The number of rotatable bonds is 22. The average Bonchev–Trinajstić information content (AvgIpc) is 3.71. The highest BCUT2D eigenvalue weighted by Crippen LogP contribution is 2.31. The fraction of sp³-hybridized carbons (Fsp3) is 0.277. The highest BCUT2D eigenvalue weighted by molar-refractivity contribution is 7.92. The number of hydrogen-bond donors (Lipinski definition) is 2. The molecule has 1 heterocycles. The van der Waals surface area contributed by atoms with Crippen LogP contribution >= 0.6 is 0 Å². The van der Waals surface area contributed by atoms with Crippen molar-refractivity contribution in [2.24, 2.45) is 5.92 Å². The number of amides is 1. The van der Waals surface area contributed by atoms with Crippen LogP contribution in [-0.4, -0.2) is 68.6 Å². The van der Waals surface area contributed by atoms with Crippen molar-refractivity contribution >= 4 is 33.5 Å². The largest absolute Gasteiger partial charge is 0.490 e. The summed E-state index contributed by atoms with van der Waals surface area (Å²) >= 11 is 0. The molecule has 6 aromatic rings. The monoisotopic (exact) mass is 860 g/mol. The third kappa shape index (κ3) is 14.1. The van der Waals surface area contributed by atoms with Crippen LogP contribution in [0.5, 0.6) is 17.2 Å². The first-order valence-electron chi connectivity index (χ1n) is 20.3. The highest BCUT2D eigenvalue weighted by Gasteiger charge is 2.23. The molecule has 0 aliphatic heterocycles. The van der Waals surface area contributed by atoms with Crippen LogP contribution in [-0.2, 0) is 50.3 Å². The summed E-state index contributed by atoms with van der Waals surface area (Å²) in [5, 5.41) is 11.2. The molecule has 324 valence electrons. The predicted molar refractivity (Wildman–Crippen MR) is 238 cm³/mol. The molecule has 1 unspecified atom stereocenters. The molecule has 6 rings (SSSR count). The van der Waals surface area contributed by atoms with Gasteiger partial charge in [0.15, 0.2) is 0 Å². The molecule has 0 spiro atoms. The van der Waals surface area contributed by atoms with Crippen molar-refractivity contribution in [3.05, 3.63) is 162 Å². The number of ether oxygens (including phenoxy) is 4. The van der Waals surface area contributed by atoms with E-state index in [4.69, 9.17) is 14.2 Å². The van der Waals surface area contributed by atoms with Crippen molar-refractivity contribution in [1.29, 1.82) is 0 Å². The number of carbonyl (C=O) groups is 2. The second kappa shape index (κ2) is 22.1. The molecule has 62 heavy (non-hydrogen) atoms. The lowest BCUT2D eigenvalue weighted by molar-refractivity contribution is -0.149. The van der Waals surface area contributed by atoms with Gasteiger partial charge in [0.1, 0.15) is 30.5 Å². The number of aromatic nitrogens is 3. The van der Waals surface area contributed by atoms with Crippen LogP contribution in [0.25, 0.3) is 0 Å². The molecule has 0 aliphatic carbocycles. The van der Waals surface area contributed by atoms with Gasteiger partial charge in [0.05, 0.1) is 37.2 Å². The van der Waals surface area contributed by atoms with Gasteiger partial charge in [-0.05, 0) is 90.6 Å². The number of esters is 1. The topological polar surface area (TPSA) is 163 Å². The Balaban J connectivity index is 0.997. The van der Waals surface area contributed by atoms with Crippen molar-refractivity contribution in [3.63, 3.8) is 0 Å². The van der Waals surface area contributed by atoms with Crippen LogP contribution in [0.4, 0.5) is 16.2 Å². The third-order valence-corrected chi connectivity index (χ3v) is 10.4. The molecule has 0 bridgehead atoms. The summed E-state index contributed by atoms with van der Waals surface area (Å²) in [6.07, 6.45) is 3.80. The van der Waals surface area contributed by atoms with Gasteiger partial charge in [-0.2, -0.15) is 0 Å². The summed E-state index contributed by atoms with van der Waals surface area (Å²) in [6, 6.07) is 40.7. The van der Waals surface area contributed by atoms with Crippen molar-refractivity contribution in [3.8, 4) is 17.2 Å². The Morgan fingerprint density at radius 3 is 2.06 bits per heavy atom. The Morgan fingerprint density at radius 2 is 1.40 bits per heavy atom. The van der Waals surface area contributed by atoms with Crippen molar-refractivity contribution in [1.82, 2.24) is 20.3 Å². The molecule has 14 nitrogen and oxygen atoms in total. The number of carbonyl (C=O) groups excluding carboxylic acids is 2. The summed E-state index contributed by atoms with van der Waals surface area (Å²) in [6.45, 7) is 4.23. The second-order valence-electron chi connectivity index (χ2n) is 14.8. The van der Waals surface area contributed by atoms with E-state index in [0.717, 1.165) is 34.2 Å². The molecular formula is C47H52N6O8S. The molecule has 0 aliphatic rings. The van der Waals surface area contributed by atoms with E-state index in [2.05, 4.69) is 42.1 Å². The quantitative estimate of drug-likeness (QED) is 0.0504. The standard InChI is InChI=1S/C47H52N6O8S/c1-35-44(50-62(3,56)57)17-10-18-45(35)52(31-36-12-6-4-7-13-36)32-38-19-21-42(22-20-38)61-43-25-23-41(24-26-43)59-28-29-60-46(54)39(16-11-27-48-47(55)58-2)30-40-34-53(51-49-40)33-37-14-8-5-9-15-37/h4-10,12-15,17-26,34,39,50H,11,16,27-33H2,1-3H3,(H,48,55). The minimum atomic E-state index is -3.44. The number of sulfonamides is 1. The number of alkyl carbamates (subject to hydrolysis) is 1. The molecule has 0 radical (unpaired) electrons. The van der Waals surface area contributed by atoms with E-state index < -0.39 is 22.0 Å². The first-order valence-corrected chi connectivity index (χ1v) is 22.2. The number of hydrogen-bond acceptors (Lipinski definition) is 11. The average molecular weight is 861 g/mol. The molecule has 0 fully saturated rings. The van der Waals surface area contributed by atoms with Crippen LogP contribution in [0.3, 0.4) is 0 Å². The van der Waals surface area contributed by atoms with E-state index >= 15 is 0 Å². The zero-order valence-electron chi connectivity index (χ0n) is 35.1. The summed E-state index contributed by atoms with van der Waals surface area (Å²) < 4.78 is 50.7. The van der Waals surface area contributed by atoms with E-state index in [1.807, 2.05) is 98.0 Å². The molecule has 0 saturated heterocycles. The lowest BCUT2D eigenvalue weighted by atomic mass is 9.98. The normalized spacial score (nSPS) is 11.6. The van der Waals surface area contributed by atoms with Gasteiger partial charge in [-0.15, -0.1) is 5.10 Å².